The summed E-state index contributed by atoms with van der Waals surface area (Å²) < 4.78 is 0. The Morgan fingerprint density at radius 1 is 0.765 bits per heavy atom. The molecule has 95 valence electrons. The summed E-state index contributed by atoms with van der Waals surface area (Å²) in [6.45, 7) is 2.17. The fourth-order valence-corrected chi connectivity index (χ4v) is 1.43. The van der Waals surface area contributed by atoms with Crippen LogP contribution in [-0.2, 0) is 9.90 Å². The maximum Gasteiger partial charge on any atom is 0.355 e. The van der Waals surface area contributed by atoms with Crippen LogP contribution >= 0.6 is 0 Å². The molecule has 17 heavy (non-hydrogen) atoms. The predicted octanol–water partition coefficient (Wildman–Crippen LogP) is 4.38. The Morgan fingerprint density at radius 3 is 1.59 bits per heavy atom. The van der Waals surface area contributed by atoms with Crippen molar-refractivity contribution in [1.29, 1.82) is 0 Å². The molecule has 0 unspecified atom stereocenters. The van der Waals surface area contributed by atoms with Crippen molar-refractivity contribution in [3.63, 3.8) is 0 Å². The number of hydrogen-bond donors (Lipinski definition) is 0. The molecule has 0 bridgehead atoms. The maximum atomic E-state index is 9.98. The summed E-state index contributed by atoms with van der Waals surface area (Å²) in [4.78, 5) is 9.98. The summed E-state index contributed by atoms with van der Waals surface area (Å²) in [6.07, 6.45) is 6.96. The number of hydrogen-bond acceptors (Lipinski definition) is 1. The van der Waals surface area contributed by atoms with E-state index in [-0.39, 0.29) is 6.42 Å². The first-order valence-electron chi connectivity index (χ1n) is 6.47. The van der Waals surface area contributed by atoms with Gasteiger partial charge in [-0.05, 0) is 6.42 Å². The van der Waals surface area contributed by atoms with E-state index in [4.69, 9.17) is 0 Å². The molecule has 0 heterocycles. The van der Waals surface area contributed by atoms with E-state index in [1.807, 2.05) is 36.4 Å². The van der Waals surface area contributed by atoms with Crippen molar-refractivity contribution in [2.45, 2.75) is 51.9 Å². The quantitative estimate of drug-likeness (QED) is 0.646. The minimum atomic E-state index is -0.916. The molecule has 0 spiro atoms. The van der Waals surface area contributed by atoms with Crippen LogP contribution in [0.4, 0.5) is 0 Å². The summed E-state index contributed by atoms with van der Waals surface area (Å²) in [5.41, 5.74) is 0. The van der Waals surface area contributed by atoms with Crippen LogP contribution in [0.15, 0.2) is 36.4 Å². The number of unbranched alkanes of at least 4 members (excludes halogenated alkanes) is 5. The van der Waals surface area contributed by atoms with E-state index in [0.717, 1.165) is 12.8 Å². The first kappa shape index (κ1) is 15.7. The first-order valence-corrected chi connectivity index (χ1v) is 6.47. The van der Waals surface area contributed by atoms with E-state index in [1.54, 1.807) is 0 Å². The summed E-state index contributed by atoms with van der Waals surface area (Å²) in [7, 11) is 0. The van der Waals surface area contributed by atoms with Crippen molar-refractivity contribution >= 4 is 5.97 Å². The topological polar surface area (TPSA) is 37.0 Å². The molecule has 0 aromatic heterocycles. The number of rotatable bonds is 7. The summed E-state index contributed by atoms with van der Waals surface area (Å²) >= 11 is 0. The third-order valence-corrected chi connectivity index (χ3v) is 2.40. The van der Waals surface area contributed by atoms with Crippen LogP contribution in [-0.4, -0.2) is 5.97 Å². The zero-order valence-corrected chi connectivity index (χ0v) is 10.7. The normalized spacial score (nSPS) is 9.24. The Bertz CT molecular complexity index is 230. The highest BCUT2D eigenvalue weighted by Gasteiger charge is 1.97. The number of benzene rings is 1. The molecule has 2 heteroatoms. The zero-order valence-electron chi connectivity index (χ0n) is 10.7. The van der Waals surface area contributed by atoms with Crippen molar-refractivity contribution in [1.82, 2.24) is 0 Å². The zero-order chi connectivity index (χ0) is 12.8. The van der Waals surface area contributed by atoms with Gasteiger partial charge >= 0.3 is 5.97 Å². The monoisotopic (exact) mass is 235 g/mol. The Kier molecular flexibility index (Phi) is 11.8. The maximum absolute atomic E-state index is 9.98. The van der Waals surface area contributed by atoms with Crippen LogP contribution in [0.3, 0.4) is 0 Å². The Morgan fingerprint density at radius 2 is 1.18 bits per heavy atom. The highest BCUT2D eigenvalue weighted by atomic mass is 16.4. The van der Waals surface area contributed by atoms with E-state index in [9.17, 15) is 9.90 Å². The van der Waals surface area contributed by atoms with Gasteiger partial charge in [-0.1, -0.05) is 75.4 Å². The molecule has 2 nitrogen and oxygen atoms in total. The lowest BCUT2D eigenvalue weighted by Gasteiger charge is -1.96. The molecule has 0 fully saturated rings. The molecule has 0 saturated heterocycles. The lowest BCUT2D eigenvalue weighted by atomic mass is 10.1. The highest BCUT2D eigenvalue weighted by Crippen LogP contribution is 2.06. The van der Waals surface area contributed by atoms with Gasteiger partial charge in [0.15, 0.2) is 0 Å². The van der Waals surface area contributed by atoms with Crippen molar-refractivity contribution in [3.8, 4) is 0 Å². The van der Waals surface area contributed by atoms with Gasteiger partial charge in [0.1, 0.15) is 0 Å². The standard InChI is InChI=1S/C9H17O2.C6H6/c1-2-3-4-5-6-7-8-9(10)11;1-2-4-6-5-3-1/h2-8H2,1H3;1-6H. The largest absolute Gasteiger partial charge is 0.355 e. The van der Waals surface area contributed by atoms with Crippen molar-refractivity contribution < 1.29 is 9.90 Å². The molecule has 0 aliphatic rings. The third kappa shape index (κ3) is 14.7. The lowest BCUT2D eigenvalue weighted by molar-refractivity contribution is -0.143. The van der Waals surface area contributed by atoms with Crippen LogP contribution in [0.2, 0.25) is 0 Å². The van der Waals surface area contributed by atoms with Crippen LogP contribution in [0, 0.1) is 0 Å². The molecule has 0 saturated carbocycles. The SMILES string of the molecule is CCCCCCCCC([O])=O.c1ccccc1. The van der Waals surface area contributed by atoms with Gasteiger partial charge in [-0.25, -0.2) is 9.90 Å². The fourth-order valence-electron chi connectivity index (χ4n) is 1.43. The van der Waals surface area contributed by atoms with Crippen molar-refractivity contribution in [2.24, 2.45) is 0 Å². The van der Waals surface area contributed by atoms with Gasteiger partial charge in [-0.3, -0.25) is 0 Å². The Labute approximate surface area is 105 Å². The number of carbonyl (C=O) groups excluding carboxylic acids is 1. The van der Waals surface area contributed by atoms with Gasteiger partial charge in [0, 0.05) is 0 Å². The molecular weight excluding hydrogens is 212 g/mol. The second-order valence-corrected chi connectivity index (χ2v) is 4.04. The van der Waals surface area contributed by atoms with Crippen LogP contribution in [0.5, 0.6) is 0 Å². The average molecular weight is 235 g/mol. The lowest BCUT2D eigenvalue weighted by Crippen LogP contribution is -1.91. The molecule has 0 atom stereocenters. The van der Waals surface area contributed by atoms with Crippen molar-refractivity contribution in [2.75, 3.05) is 0 Å². The second-order valence-electron chi connectivity index (χ2n) is 4.04. The number of carbonyl (C=O) groups is 1. The molecular formula is C15H23O2. The molecule has 1 radical (unpaired) electrons. The molecule has 1 rings (SSSR count). The smallest absolute Gasteiger partial charge is 0.247 e. The summed E-state index contributed by atoms with van der Waals surface area (Å²) in [5.74, 6) is -0.916. The third-order valence-electron chi connectivity index (χ3n) is 2.40. The molecule has 0 aliphatic carbocycles. The average Bonchev–Trinajstić information content (AvgIpc) is 2.36. The van der Waals surface area contributed by atoms with Gasteiger partial charge in [0.25, 0.3) is 0 Å². The highest BCUT2D eigenvalue weighted by molar-refractivity contribution is 5.66. The summed E-state index contributed by atoms with van der Waals surface area (Å²) in [5, 5.41) is 9.98. The molecule has 1 aromatic carbocycles. The minimum absolute atomic E-state index is 0.228. The first-order chi connectivity index (χ1) is 8.27. The Balaban J connectivity index is 0.000000354. The molecule has 0 N–H and O–H groups in total. The van der Waals surface area contributed by atoms with E-state index in [0.29, 0.717) is 0 Å². The molecule has 0 aliphatic heterocycles. The van der Waals surface area contributed by atoms with E-state index in [2.05, 4.69) is 6.92 Å². The van der Waals surface area contributed by atoms with Gasteiger partial charge in [0.05, 0.1) is 6.42 Å². The van der Waals surface area contributed by atoms with Gasteiger partial charge in [0.2, 0.25) is 0 Å². The van der Waals surface area contributed by atoms with Gasteiger partial charge < -0.3 is 0 Å². The van der Waals surface area contributed by atoms with Crippen molar-refractivity contribution in [3.05, 3.63) is 36.4 Å². The minimum Gasteiger partial charge on any atom is -0.247 e. The van der Waals surface area contributed by atoms with E-state index >= 15 is 0 Å². The van der Waals surface area contributed by atoms with E-state index < -0.39 is 5.97 Å². The second kappa shape index (κ2) is 12.8. The predicted molar refractivity (Wildman–Crippen MR) is 70.1 cm³/mol. The van der Waals surface area contributed by atoms with E-state index in [1.165, 1.54) is 25.7 Å². The van der Waals surface area contributed by atoms with Gasteiger partial charge in [-0.15, -0.1) is 0 Å². The molecule has 0 amide bonds. The summed E-state index contributed by atoms with van der Waals surface area (Å²) in [6, 6.07) is 12.0. The molecule has 1 aromatic rings. The van der Waals surface area contributed by atoms with Crippen LogP contribution in [0.25, 0.3) is 0 Å². The fraction of sp³-hybridized carbons (Fsp3) is 0.533. The van der Waals surface area contributed by atoms with Crippen LogP contribution in [0.1, 0.15) is 51.9 Å². The Hall–Kier alpha value is -1.31. The van der Waals surface area contributed by atoms with Gasteiger partial charge in [-0.2, -0.15) is 0 Å². The van der Waals surface area contributed by atoms with Crippen LogP contribution < -0.4 is 0 Å².